The summed E-state index contributed by atoms with van der Waals surface area (Å²) in [6, 6.07) is 9.92. The van der Waals surface area contributed by atoms with Gasteiger partial charge in [-0.15, -0.1) is 0 Å². The van der Waals surface area contributed by atoms with Crippen LogP contribution in [0.3, 0.4) is 0 Å². The lowest BCUT2D eigenvalue weighted by molar-refractivity contribution is 0.282. The Hall–Kier alpha value is -2.47. The molecular weight excluding hydrogens is 266 g/mol. The smallest absolute Gasteiger partial charge is 0.254 e. The average molecular weight is 283 g/mol. The lowest BCUT2D eigenvalue weighted by Gasteiger charge is -2.09. The number of anilines is 1. The van der Waals surface area contributed by atoms with Crippen molar-refractivity contribution in [3.8, 4) is 0 Å². The van der Waals surface area contributed by atoms with Crippen LogP contribution in [0.15, 0.2) is 36.7 Å². The Bertz CT molecular complexity index is 735. The van der Waals surface area contributed by atoms with E-state index in [9.17, 15) is 0 Å². The van der Waals surface area contributed by atoms with Crippen LogP contribution < -0.4 is 5.32 Å². The third-order valence-corrected chi connectivity index (χ3v) is 3.31. The standard InChI is InChI=1S/C15H17N5O/c1-11-8-14(20-15(19-11)17-10-18-20)16-7-6-12-2-4-13(9-21)5-3-12/h2-5,8,10,16,21H,6-7,9H2,1H3. The summed E-state index contributed by atoms with van der Waals surface area (Å²) in [6.07, 6.45) is 2.39. The van der Waals surface area contributed by atoms with Crippen molar-refractivity contribution in [3.63, 3.8) is 0 Å². The fraction of sp³-hybridized carbons (Fsp3) is 0.267. The lowest BCUT2D eigenvalue weighted by Crippen LogP contribution is -2.10. The number of aliphatic hydroxyl groups excluding tert-OH is 1. The van der Waals surface area contributed by atoms with Gasteiger partial charge >= 0.3 is 0 Å². The number of hydrogen-bond donors (Lipinski definition) is 2. The first-order chi connectivity index (χ1) is 10.3. The molecule has 2 heterocycles. The van der Waals surface area contributed by atoms with E-state index < -0.39 is 0 Å². The second-order valence-electron chi connectivity index (χ2n) is 4.91. The van der Waals surface area contributed by atoms with Crippen molar-refractivity contribution in [2.24, 2.45) is 0 Å². The number of nitrogens with zero attached hydrogens (tertiary/aromatic N) is 4. The van der Waals surface area contributed by atoms with Gasteiger partial charge in [-0.25, -0.2) is 4.98 Å². The maximum Gasteiger partial charge on any atom is 0.254 e. The van der Waals surface area contributed by atoms with Crippen molar-refractivity contribution >= 4 is 11.6 Å². The zero-order chi connectivity index (χ0) is 14.7. The van der Waals surface area contributed by atoms with Gasteiger partial charge in [-0.1, -0.05) is 24.3 Å². The van der Waals surface area contributed by atoms with Crippen LogP contribution in [-0.4, -0.2) is 31.2 Å². The van der Waals surface area contributed by atoms with Gasteiger partial charge < -0.3 is 10.4 Å². The van der Waals surface area contributed by atoms with Crippen molar-refractivity contribution in [2.45, 2.75) is 20.0 Å². The fourth-order valence-electron chi connectivity index (χ4n) is 2.20. The molecule has 21 heavy (non-hydrogen) atoms. The van der Waals surface area contributed by atoms with E-state index in [1.165, 1.54) is 11.9 Å². The highest BCUT2D eigenvalue weighted by Crippen LogP contribution is 2.11. The van der Waals surface area contributed by atoms with Crippen LogP contribution in [0.1, 0.15) is 16.8 Å². The van der Waals surface area contributed by atoms with Gasteiger partial charge in [-0.3, -0.25) is 0 Å². The number of benzene rings is 1. The summed E-state index contributed by atoms with van der Waals surface area (Å²) in [6.45, 7) is 2.81. The highest BCUT2D eigenvalue weighted by atomic mass is 16.3. The zero-order valence-electron chi connectivity index (χ0n) is 11.8. The lowest BCUT2D eigenvalue weighted by atomic mass is 10.1. The van der Waals surface area contributed by atoms with E-state index in [0.717, 1.165) is 30.0 Å². The summed E-state index contributed by atoms with van der Waals surface area (Å²) in [5, 5.41) is 16.5. The van der Waals surface area contributed by atoms with Crippen molar-refractivity contribution < 1.29 is 5.11 Å². The zero-order valence-corrected chi connectivity index (χ0v) is 11.8. The maximum atomic E-state index is 9.03. The van der Waals surface area contributed by atoms with Crippen molar-refractivity contribution in [1.29, 1.82) is 0 Å². The predicted octanol–water partition coefficient (Wildman–Crippen LogP) is 1.58. The summed E-state index contributed by atoms with van der Waals surface area (Å²) in [5.74, 6) is 1.49. The summed E-state index contributed by atoms with van der Waals surface area (Å²) >= 11 is 0. The number of fused-ring (bicyclic) bond motifs is 1. The number of aromatic nitrogens is 4. The van der Waals surface area contributed by atoms with Crippen molar-refractivity contribution in [2.75, 3.05) is 11.9 Å². The second kappa shape index (κ2) is 5.88. The van der Waals surface area contributed by atoms with Crippen LogP contribution in [0.5, 0.6) is 0 Å². The van der Waals surface area contributed by atoms with E-state index in [2.05, 4.69) is 20.4 Å². The minimum Gasteiger partial charge on any atom is -0.392 e. The molecule has 1 aromatic carbocycles. The summed E-state index contributed by atoms with van der Waals surface area (Å²) in [7, 11) is 0. The van der Waals surface area contributed by atoms with E-state index in [1.807, 2.05) is 37.3 Å². The topological polar surface area (TPSA) is 75.3 Å². The highest BCUT2D eigenvalue weighted by Gasteiger charge is 2.04. The molecule has 6 nitrogen and oxygen atoms in total. The first kappa shape index (κ1) is 13.5. The van der Waals surface area contributed by atoms with Gasteiger partial charge in [0.05, 0.1) is 6.61 Å². The minimum atomic E-state index is 0.0824. The van der Waals surface area contributed by atoms with Crippen LogP contribution in [0, 0.1) is 6.92 Å². The van der Waals surface area contributed by atoms with Crippen LogP contribution in [-0.2, 0) is 13.0 Å². The Balaban J connectivity index is 1.67. The Kier molecular flexibility index (Phi) is 3.79. The number of hydrogen-bond acceptors (Lipinski definition) is 5. The molecule has 0 aliphatic carbocycles. The van der Waals surface area contributed by atoms with E-state index >= 15 is 0 Å². The average Bonchev–Trinajstić information content (AvgIpc) is 2.96. The molecule has 2 N–H and O–H groups in total. The molecule has 6 heteroatoms. The molecule has 0 unspecified atom stereocenters. The Morgan fingerprint density at radius 2 is 1.95 bits per heavy atom. The minimum absolute atomic E-state index is 0.0824. The molecule has 0 bridgehead atoms. The molecule has 0 aliphatic heterocycles. The van der Waals surface area contributed by atoms with E-state index in [0.29, 0.717) is 5.78 Å². The highest BCUT2D eigenvalue weighted by molar-refractivity contribution is 5.44. The quantitative estimate of drug-likeness (QED) is 0.743. The fourth-order valence-corrected chi connectivity index (χ4v) is 2.20. The van der Waals surface area contributed by atoms with Gasteiger partial charge in [0.15, 0.2) is 0 Å². The Morgan fingerprint density at radius 1 is 1.19 bits per heavy atom. The van der Waals surface area contributed by atoms with Crippen LogP contribution in [0.25, 0.3) is 5.78 Å². The third kappa shape index (κ3) is 3.00. The van der Waals surface area contributed by atoms with Gasteiger partial charge in [0, 0.05) is 18.3 Å². The molecule has 0 aliphatic rings. The molecule has 0 saturated carbocycles. The maximum absolute atomic E-state index is 9.03. The summed E-state index contributed by atoms with van der Waals surface area (Å²) in [4.78, 5) is 8.41. The van der Waals surface area contributed by atoms with E-state index in [-0.39, 0.29) is 6.61 Å². The SMILES string of the molecule is Cc1cc(NCCc2ccc(CO)cc2)n2ncnc2n1. The molecule has 2 aromatic heterocycles. The molecule has 108 valence electrons. The first-order valence-corrected chi connectivity index (χ1v) is 6.86. The number of nitrogens with one attached hydrogen (secondary N) is 1. The van der Waals surface area contributed by atoms with Crippen LogP contribution >= 0.6 is 0 Å². The van der Waals surface area contributed by atoms with Gasteiger partial charge in [-0.05, 0) is 24.5 Å². The monoisotopic (exact) mass is 283 g/mol. The number of rotatable bonds is 5. The molecule has 0 atom stereocenters. The predicted molar refractivity (Wildman–Crippen MR) is 80.1 cm³/mol. The largest absolute Gasteiger partial charge is 0.392 e. The molecule has 3 aromatic rings. The summed E-state index contributed by atoms with van der Waals surface area (Å²) in [5.41, 5.74) is 3.06. The van der Waals surface area contributed by atoms with Crippen LogP contribution in [0.2, 0.25) is 0 Å². The van der Waals surface area contributed by atoms with E-state index in [1.54, 1.807) is 4.52 Å². The van der Waals surface area contributed by atoms with Gasteiger partial charge in [-0.2, -0.15) is 14.6 Å². The second-order valence-corrected chi connectivity index (χ2v) is 4.91. The molecule has 0 radical (unpaired) electrons. The molecule has 3 rings (SSSR count). The van der Waals surface area contributed by atoms with Gasteiger partial charge in [0.1, 0.15) is 12.1 Å². The normalized spacial score (nSPS) is 11.0. The summed E-state index contributed by atoms with van der Waals surface area (Å²) < 4.78 is 1.70. The van der Waals surface area contributed by atoms with E-state index in [4.69, 9.17) is 5.11 Å². The molecule has 0 saturated heterocycles. The molecule has 0 spiro atoms. The first-order valence-electron chi connectivity index (χ1n) is 6.86. The van der Waals surface area contributed by atoms with Gasteiger partial charge in [0.25, 0.3) is 5.78 Å². The Labute approximate surface area is 122 Å². The Morgan fingerprint density at radius 3 is 2.71 bits per heavy atom. The van der Waals surface area contributed by atoms with Crippen molar-refractivity contribution in [1.82, 2.24) is 19.6 Å². The number of aliphatic hydroxyl groups is 1. The third-order valence-electron chi connectivity index (χ3n) is 3.31. The van der Waals surface area contributed by atoms with Gasteiger partial charge in [0.2, 0.25) is 0 Å². The van der Waals surface area contributed by atoms with Crippen molar-refractivity contribution in [3.05, 3.63) is 53.5 Å². The molecular formula is C15H17N5O. The van der Waals surface area contributed by atoms with Crippen LogP contribution in [0.4, 0.5) is 5.82 Å². The number of aryl methyl sites for hydroxylation is 1. The molecule has 0 amide bonds. The molecule has 0 fully saturated rings.